The Bertz CT molecular complexity index is 1070. The summed E-state index contributed by atoms with van der Waals surface area (Å²) in [5.41, 5.74) is 2.35. The number of hydrogen-bond acceptors (Lipinski definition) is 2. The number of phenolic OH excluding ortho intramolecular Hbond substituents is 1. The molecule has 3 aromatic carbocycles. The molecule has 1 heterocycles. The Morgan fingerprint density at radius 1 is 0.952 bits per heavy atom. The van der Waals surface area contributed by atoms with E-state index in [2.05, 4.69) is 10.6 Å². The first-order valence-electron chi connectivity index (χ1n) is 6.75. The highest BCUT2D eigenvalue weighted by molar-refractivity contribution is 6.21. The van der Waals surface area contributed by atoms with E-state index in [-0.39, 0.29) is 5.75 Å². The molecule has 4 aromatic rings. The highest BCUT2D eigenvalue weighted by Gasteiger charge is 2.19. The van der Waals surface area contributed by atoms with Crippen LogP contribution < -0.4 is 0 Å². The smallest absolute Gasteiger partial charge is 0.143 e. The summed E-state index contributed by atoms with van der Waals surface area (Å²) in [6.45, 7) is 0. The number of nitriles is 1. The Hall–Kier alpha value is -2.99. The molecule has 1 aromatic heterocycles. The molecule has 4 rings (SSSR count). The van der Waals surface area contributed by atoms with Gasteiger partial charge in [0.1, 0.15) is 17.4 Å². The van der Waals surface area contributed by atoms with Gasteiger partial charge in [0, 0.05) is 28.7 Å². The lowest BCUT2D eigenvalue weighted by atomic mass is 9.99. The van der Waals surface area contributed by atoms with Gasteiger partial charge in [-0.2, -0.15) is 5.26 Å². The maximum atomic E-state index is 10.6. The summed E-state index contributed by atoms with van der Waals surface area (Å²) in [6.07, 6.45) is 0. The van der Waals surface area contributed by atoms with E-state index in [0.717, 1.165) is 32.6 Å². The standard InChI is InChI=1S/C18H12N2O/c1-20-15-9-5-4-8-13(15)16-17(20)12-7-3-2-6-11(12)14(10-19)18(16)21/h2-9,21H,1H3. The summed E-state index contributed by atoms with van der Waals surface area (Å²) in [6, 6.07) is 17.8. The zero-order chi connectivity index (χ0) is 14.6. The quantitative estimate of drug-likeness (QED) is 0.524. The van der Waals surface area contributed by atoms with E-state index in [4.69, 9.17) is 0 Å². The molecule has 0 saturated heterocycles. The second kappa shape index (κ2) is 4.00. The molecule has 1 N–H and O–H groups in total. The minimum absolute atomic E-state index is 0.0722. The summed E-state index contributed by atoms with van der Waals surface area (Å²) in [7, 11) is 1.99. The van der Waals surface area contributed by atoms with Crippen molar-refractivity contribution >= 4 is 32.6 Å². The van der Waals surface area contributed by atoms with Crippen molar-refractivity contribution < 1.29 is 5.11 Å². The third-order valence-electron chi connectivity index (χ3n) is 4.14. The predicted octanol–water partition coefficient (Wildman–Crippen LogP) is 4.06. The van der Waals surface area contributed by atoms with Crippen LogP contribution in [0.1, 0.15) is 5.56 Å². The van der Waals surface area contributed by atoms with Gasteiger partial charge in [-0.25, -0.2) is 0 Å². The molecule has 0 saturated carbocycles. The molecular weight excluding hydrogens is 260 g/mol. The van der Waals surface area contributed by atoms with E-state index in [1.54, 1.807) is 0 Å². The lowest BCUT2D eigenvalue weighted by Crippen LogP contribution is -1.90. The van der Waals surface area contributed by atoms with Crippen LogP contribution in [0.25, 0.3) is 32.6 Å². The van der Waals surface area contributed by atoms with Crippen molar-refractivity contribution in [2.45, 2.75) is 0 Å². The van der Waals surface area contributed by atoms with E-state index < -0.39 is 0 Å². The number of para-hydroxylation sites is 1. The Kier molecular flexibility index (Phi) is 2.25. The molecule has 0 aliphatic heterocycles. The Balaban J connectivity index is 2.47. The average molecular weight is 272 g/mol. The Morgan fingerprint density at radius 2 is 1.57 bits per heavy atom. The van der Waals surface area contributed by atoms with Gasteiger partial charge in [0.25, 0.3) is 0 Å². The third-order valence-corrected chi connectivity index (χ3v) is 4.14. The van der Waals surface area contributed by atoms with Gasteiger partial charge in [0.05, 0.1) is 10.9 Å². The summed E-state index contributed by atoms with van der Waals surface area (Å²) >= 11 is 0. The van der Waals surface area contributed by atoms with Gasteiger partial charge in [-0.15, -0.1) is 0 Å². The van der Waals surface area contributed by atoms with Crippen LogP contribution in [0.4, 0.5) is 0 Å². The zero-order valence-corrected chi connectivity index (χ0v) is 11.5. The number of hydrogen-bond donors (Lipinski definition) is 1. The molecule has 100 valence electrons. The van der Waals surface area contributed by atoms with Gasteiger partial charge in [-0.3, -0.25) is 0 Å². The van der Waals surface area contributed by atoms with Crippen molar-refractivity contribution in [3.8, 4) is 11.8 Å². The number of aromatic hydroxyl groups is 1. The zero-order valence-electron chi connectivity index (χ0n) is 11.5. The molecule has 0 spiro atoms. The van der Waals surface area contributed by atoms with E-state index in [0.29, 0.717) is 5.56 Å². The molecular formula is C18H12N2O. The summed E-state index contributed by atoms with van der Waals surface area (Å²) < 4.78 is 2.08. The number of nitrogens with zero attached hydrogens (tertiary/aromatic N) is 2. The number of phenols is 1. The molecule has 0 unspecified atom stereocenters. The minimum atomic E-state index is 0.0722. The van der Waals surface area contributed by atoms with Crippen molar-refractivity contribution in [3.05, 3.63) is 54.1 Å². The fourth-order valence-electron chi connectivity index (χ4n) is 3.22. The summed E-state index contributed by atoms with van der Waals surface area (Å²) in [5, 5.41) is 23.6. The average Bonchev–Trinajstić information content (AvgIpc) is 2.82. The van der Waals surface area contributed by atoms with Crippen LogP contribution in [0.5, 0.6) is 5.75 Å². The first-order chi connectivity index (χ1) is 10.2. The summed E-state index contributed by atoms with van der Waals surface area (Å²) in [4.78, 5) is 0. The number of aromatic nitrogens is 1. The first kappa shape index (κ1) is 11.8. The van der Waals surface area contributed by atoms with Gasteiger partial charge < -0.3 is 9.67 Å². The molecule has 3 nitrogen and oxygen atoms in total. The molecule has 0 radical (unpaired) electrons. The van der Waals surface area contributed by atoms with Crippen LogP contribution in [0.15, 0.2) is 48.5 Å². The van der Waals surface area contributed by atoms with Crippen molar-refractivity contribution in [3.63, 3.8) is 0 Å². The largest absolute Gasteiger partial charge is 0.506 e. The fourth-order valence-corrected chi connectivity index (χ4v) is 3.22. The van der Waals surface area contributed by atoms with Crippen LogP contribution in [0.3, 0.4) is 0 Å². The number of benzene rings is 3. The summed E-state index contributed by atoms with van der Waals surface area (Å²) in [5.74, 6) is 0.0722. The van der Waals surface area contributed by atoms with Crippen molar-refractivity contribution in [2.24, 2.45) is 7.05 Å². The minimum Gasteiger partial charge on any atom is -0.506 e. The second-order valence-corrected chi connectivity index (χ2v) is 5.18. The maximum absolute atomic E-state index is 10.6. The fraction of sp³-hybridized carbons (Fsp3) is 0.0556. The van der Waals surface area contributed by atoms with Crippen LogP contribution in [0.2, 0.25) is 0 Å². The van der Waals surface area contributed by atoms with Crippen molar-refractivity contribution in [1.29, 1.82) is 5.26 Å². The Labute approximate surface area is 121 Å². The lowest BCUT2D eigenvalue weighted by molar-refractivity contribution is 0.481. The molecule has 0 aliphatic rings. The molecule has 0 bridgehead atoms. The SMILES string of the molecule is Cn1c2ccccc2c2c(O)c(C#N)c3ccccc3c21. The van der Waals surface area contributed by atoms with E-state index >= 15 is 0 Å². The van der Waals surface area contributed by atoms with Crippen LogP contribution in [0, 0.1) is 11.3 Å². The van der Waals surface area contributed by atoms with Gasteiger partial charge >= 0.3 is 0 Å². The first-order valence-corrected chi connectivity index (χ1v) is 6.75. The topological polar surface area (TPSA) is 49.0 Å². The maximum Gasteiger partial charge on any atom is 0.143 e. The van der Waals surface area contributed by atoms with Crippen LogP contribution in [-0.4, -0.2) is 9.67 Å². The molecule has 0 aliphatic carbocycles. The highest BCUT2D eigenvalue weighted by atomic mass is 16.3. The Morgan fingerprint density at radius 3 is 2.29 bits per heavy atom. The van der Waals surface area contributed by atoms with Crippen molar-refractivity contribution in [2.75, 3.05) is 0 Å². The lowest BCUT2D eigenvalue weighted by Gasteiger charge is -2.07. The number of fused-ring (bicyclic) bond motifs is 5. The molecule has 0 amide bonds. The highest BCUT2D eigenvalue weighted by Crippen LogP contribution is 2.41. The molecule has 0 fully saturated rings. The molecule has 21 heavy (non-hydrogen) atoms. The van der Waals surface area contributed by atoms with E-state index in [9.17, 15) is 10.4 Å². The van der Waals surface area contributed by atoms with Crippen LogP contribution in [-0.2, 0) is 7.05 Å². The predicted molar refractivity (Wildman–Crippen MR) is 84.3 cm³/mol. The second-order valence-electron chi connectivity index (χ2n) is 5.18. The van der Waals surface area contributed by atoms with E-state index in [1.165, 1.54) is 0 Å². The normalized spacial score (nSPS) is 11.2. The van der Waals surface area contributed by atoms with Gasteiger partial charge in [0.15, 0.2) is 0 Å². The number of aryl methyl sites for hydroxylation is 1. The third kappa shape index (κ3) is 1.36. The van der Waals surface area contributed by atoms with Gasteiger partial charge in [-0.1, -0.05) is 42.5 Å². The van der Waals surface area contributed by atoms with Crippen molar-refractivity contribution in [1.82, 2.24) is 4.57 Å². The van der Waals surface area contributed by atoms with Gasteiger partial charge in [-0.05, 0) is 6.07 Å². The van der Waals surface area contributed by atoms with E-state index in [1.807, 2.05) is 55.6 Å². The number of rotatable bonds is 0. The van der Waals surface area contributed by atoms with Gasteiger partial charge in [0.2, 0.25) is 0 Å². The monoisotopic (exact) mass is 272 g/mol. The van der Waals surface area contributed by atoms with Crippen LogP contribution >= 0.6 is 0 Å². The molecule has 3 heteroatoms. The molecule has 0 atom stereocenters.